The third kappa shape index (κ3) is 1.94. The Morgan fingerprint density at radius 1 is 1.58 bits per heavy atom. The summed E-state index contributed by atoms with van der Waals surface area (Å²) in [6, 6.07) is 0. The van der Waals surface area contributed by atoms with E-state index in [-0.39, 0.29) is 0 Å². The van der Waals surface area contributed by atoms with Crippen LogP contribution in [0.4, 0.5) is 0 Å². The molecule has 1 N–H and O–H groups in total. The summed E-state index contributed by atoms with van der Waals surface area (Å²) in [7, 11) is 0. The lowest BCUT2D eigenvalue weighted by Crippen LogP contribution is -2.32. The summed E-state index contributed by atoms with van der Waals surface area (Å²) in [4.78, 5) is 0. The van der Waals surface area contributed by atoms with Crippen molar-refractivity contribution >= 4 is 17.5 Å². The molecule has 0 spiro atoms. The summed E-state index contributed by atoms with van der Waals surface area (Å²) in [6.07, 6.45) is 2.11. The van der Waals surface area contributed by atoms with E-state index < -0.39 is 0 Å². The molecule has 70 valence electrons. The molecule has 12 heavy (non-hydrogen) atoms. The standard InChI is InChI=1S/C9H17NOS/c1-4-9-7(3)8(10-11)5-6(2)12-9/h6-7,9,11H,4-5H2,1-3H3/b10-8+/t6-,7-,9+/m0/s1. The highest BCUT2D eigenvalue weighted by molar-refractivity contribution is 8.00. The summed E-state index contributed by atoms with van der Waals surface area (Å²) in [5.41, 5.74) is 0.980. The number of oxime groups is 1. The Bertz CT molecular complexity index is 181. The molecule has 1 fully saturated rings. The Morgan fingerprint density at radius 2 is 2.25 bits per heavy atom. The minimum Gasteiger partial charge on any atom is -0.411 e. The van der Waals surface area contributed by atoms with Crippen molar-refractivity contribution in [3.8, 4) is 0 Å². The highest BCUT2D eigenvalue weighted by atomic mass is 32.2. The second-order valence-electron chi connectivity index (χ2n) is 3.48. The predicted octanol–water partition coefficient (Wildman–Crippen LogP) is 2.76. The average molecular weight is 187 g/mol. The number of thioether (sulfide) groups is 1. The van der Waals surface area contributed by atoms with Crippen molar-refractivity contribution in [2.45, 2.75) is 44.1 Å². The van der Waals surface area contributed by atoms with Crippen molar-refractivity contribution in [1.29, 1.82) is 0 Å². The minimum atomic E-state index is 0.446. The van der Waals surface area contributed by atoms with Gasteiger partial charge in [-0.05, 0) is 6.42 Å². The Hall–Kier alpha value is -0.180. The van der Waals surface area contributed by atoms with E-state index in [4.69, 9.17) is 5.21 Å². The van der Waals surface area contributed by atoms with Crippen molar-refractivity contribution in [3.05, 3.63) is 0 Å². The quantitative estimate of drug-likeness (QED) is 0.505. The van der Waals surface area contributed by atoms with Crippen LogP contribution in [-0.2, 0) is 0 Å². The third-order valence-corrected chi connectivity index (χ3v) is 4.24. The van der Waals surface area contributed by atoms with E-state index in [0.717, 1.165) is 18.6 Å². The molecule has 1 heterocycles. The molecule has 2 nitrogen and oxygen atoms in total. The summed E-state index contributed by atoms with van der Waals surface area (Å²) in [5.74, 6) is 0.446. The van der Waals surface area contributed by atoms with Crippen LogP contribution >= 0.6 is 11.8 Å². The molecule has 1 rings (SSSR count). The van der Waals surface area contributed by atoms with Gasteiger partial charge in [0.15, 0.2) is 0 Å². The molecule has 0 aromatic carbocycles. The highest BCUT2D eigenvalue weighted by Gasteiger charge is 2.29. The monoisotopic (exact) mass is 187 g/mol. The summed E-state index contributed by atoms with van der Waals surface area (Å²) < 4.78 is 0. The van der Waals surface area contributed by atoms with Crippen molar-refractivity contribution < 1.29 is 5.21 Å². The Kier molecular flexibility index (Phi) is 3.44. The van der Waals surface area contributed by atoms with E-state index >= 15 is 0 Å². The number of hydrogen-bond acceptors (Lipinski definition) is 3. The molecular formula is C9H17NOS. The fraction of sp³-hybridized carbons (Fsp3) is 0.889. The fourth-order valence-electron chi connectivity index (χ4n) is 1.74. The van der Waals surface area contributed by atoms with Gasteiger partial charge in [0.1, 0.15) is 0 Å². The molecule has 1 aliphatic rings. The maximum Gasteiger partial charge on any atom is 0.0620 e. The van der Waals surface area contributed by atoms with Crippen LogP contribution in [0.1, 0.15) is 33.6 Å². The van der Waals surface area contributed by atoms with Crippen LogP contribution in [0.25, 0.3) is 0 Å². The molecule has 0 aromatic heterocycles. The van der Waals surface area contributed by atoms with E-state index in [1.54, 1.807) is 0 Å². The topological polar surface area (TPSA) is 32.6 Å². The van der Waals surface area contributed by atoms with Crippen molar-refractivity contribution in [2.24, 2.45) is 11.1 Å². The third-order valence-electron chi connectivity index (χ3n) is 2.52. The molecular weight excluding hydrogens is 170 g/mol. The van der Waals surface area contributed by atoms with Gasteiger partial charge in [-0.15, -0.1) is 0 Å². The molecule has 0 unspecified atom stereocenters. The first-order valence-corrected chi connectivity index (χ1v) is 5.49. The van der Waals surface area contributed by atoms with E-state index in [9.17, 15) is 0 Å². The predicted molar refractivity (Wildman–Crippen MR) is 54.1 cm³/mol. The molecule has 1 saturated heterocycles. The van der Waals surface area contributed by atoms with Crippen LogP contribution in [0.15, 0.2) is 5.16 Å². The van der Waals surface area contributed by atoms with E-state index in [2.05, 4.69) is 25.9 Å². The van der Waals surface area contributed by atoms with E-state index in [0.29, 0.717) is 16.4 Å². The van der Waals surface area contributed by atoms with Gasteiger partial charge in [0.05, 0.1) is 5.71 Å². The first-order valence-electron chi connectivity index (χ1n) is 4.55. The molecule has 0 bridgehead atoms. The molecule has 0 amide bonds. The smallest absolute Gasteiger partial charge is 0.0620 e. The lowest BCUT2D eigenvalue weighted by molar-refractivity contribution is 0.312. The van der Waals surface area contributed by atoms with E-state index in [1.165, 1.54) is 0 Å². The lowest BCUT2D eigenvalue weighted by atomic mass is 9.95. The first-order chi connectivity index (χ1) is 5.69. The molecule has 1 aliphatic heterocycles. The second kappa shape index (κ2) is 4.17. The summed E-state index contributed by atoms with van der Waals surface area (Å²) >= 11 is 2.02. The van der Waals surface area contributed by atoms with Crippen molar-refractivity contribution in [3.63, 3.8) is 0 Å². The Balaban J connectivity index is 2.68. The number of hydrogen-bond donors (Lipinski definition) is 1. The zero-order chi connectivity index (χ0) is 9.14. The number of nitrogens with zero attached hydrogens (tertiary/aromatic N) is 1. The average Bonchev–Trinajstić information content (AvgIpc) is 2.08. The highest BCUT2D eigenvalue weighted by Crippen LogP contribution is 2.35. The molecule has 3 atom stereocenters. The minimum absolute atomic E-state index is 0.446. The fourth-order valence-corrected chi connectivity index (χ4v) is 3.19. The van der Waals surface area contributed by atoms with E-state index in [1.807, 2.05) is 11.8 Å². The van der Waals surface area contributed by atoms with Gasteiger partial charge in [-0.3, -0.25) is 0 Å². The largest absolute Gasteiger partial charge is 0.411 e. The van der Waals surface area contributed by atoms with Crippen LogP contribution in [0.2, 0.25) is 0 Å². The lowest BCUT2D eigenvalue weighted by Gasteiger charge is -2.32. The Labute approximate surface area is 78.4 Å². The van der Waals surface area contributed by atoms with Crippen LogP contribution in [0.5, 0.6) is 0 Å². The van der Waals surface area contributed by atoms with Gasteiger partial charge < -0.3 is 5.21 Å². The molecule has 0 radical (unpaired) electrons. The van der Waals surface area contributed by atoms with Crippen molar-refractivity contribution in [1.82, 2.24) is 0 Å². The van der Waals surface area contributed by atoms with Gasteiger partial charge in [-0.2, -0.15) is 11.8 Å². The normalized spacial score (nSPS) is 40.2. The van der Waals surface area contributed by atoms with Gasteiger partial charge in [0, 0.05) is 22.8 Å². The SMILES string of the molecule is CC[C@H]1S[C@@H](C)C/C(=N\O)[C@@H]1C. The van der Waals surface area contributed by atoms with Crippen molar-refractivity contribution in [2.75, 3.05) is 0 Å². The van der Waals surface area contributed by atoms with Gasteiger partial charge in [0.2, 0.25) is 0 Å². The first kappa shape index (κ1) is 9.90. The zero-order valence-corrected chi connectivity index (χ0v) is 8.77. The second-order valence-corrected chi connectivity index (χ2v) is 5.16. The van der Waals surface area contributed by atoms with Crippen LogP contribution in [0.3, 0.4) is 0 Å². The summed E-state index contributed by atoms with van der Waals surface area (Å²) in [6.45, 7) is 6.55. The van der Waals surface area contributed by atoms with Gasteiger partial charge >= 0.3 is 0 Å². The van der Waals surface area contributed by atoms with Crippen LogP contribution in [0, 0.1) is 5.92 Å². The van der Waals surface area contributed by atoms with Gasteiger partial charge in [-0.1, -0.05) is 25.9 Å². The molecule has 0 saturated carbocycles. The maximum absolute atomic E-state index is 8.77. The molecule has 3 heteroatoms. The molecule has 0 aromatic rings. The molecule has 0 aliphatic carbocycles. The van der Waals surface area contributed by atoms with Crippen LogP contribution in [-0.4, -0.2) is 21.4 Å². The van der Waals surface area contributed by atoms with Crippen LogP contribution < -0.4 is 0 Å². The maximum atomic E-state index is 8.77. The number of rotatable bonds is 1. The van der Waals surface area contributed by atoms with Gasteiger partial charge in [0.25, 0.3) is 0 Å². The Morgan fingerprint density at radius 3 is 2.75 bits per heavy atom. The summed E-state index contributed by atoms with van der Waals surface area (Å²) in [5, 5.41) is 13.4. The zero-order valence-electron chi connectivity index (χ0n) is 7.95. The van der Waals surface area contributed by atoms with Gasteiger partial charge in [-0.25, -0.2) is 0 Å².